The molecule has 4 nitrogen and oxygen atoms in total. The molecule has 1 aliphatic heterocycles. The molecule has 0 spiro atoms. The first-order valence-corrected chi connectivity index (χ1v) is 6.69. The molecule has 7 heteroatoms. The average Bonchev–Trinajstić information content (AvgIpc) is 2.44. The Morgan fingerprint density at radius 2 is 2.10 bits per heavy atom. The second kappa shape index (κ2) is 6.34. The summed E-state index contributed by atoms with van der Waals surface area (Å²) < 4.78 is 37.5. The van der Waals surface area contributed by atoms with Crippen LogP contribution in [0.4, 0.5) is 18.9 Å². The molecule has 1 aliphatic rings. The van der Waals surface area contributed by atoms with E-state index in [1.54, 1.807) is 0 Å². The number of hydrogen-bond acceptors (Lipinski definition) is 3. The molecule has 1 amide bonds. The summed E-state index contributed by atoms with van der Waals surface area (Å²) in [7, 11) is 0. The molecule has 21 heavy (non-hydrogen) atoms. The minimum atomic E-state index is -4.47. The molecule has 0 aromatic heterocycles. The molecule has 1 atom stereocenters. The van der Waals surface area contributed by atoms with E-state index < -0.39 is 31.2 Å². The van der Waals surface area contributed by atoms with Gasteiger partial charge in [0.15, 0.2) is 0 Å². The van der Waals surface area contributed by atoms with Crippen LogP contribution in [-0.4, -0.2) is 48.3 Å². The van der Waals surface area contributed by atoms with E-state index in [1.165, 1.54) is 0 Å². The number of nitrogens with zero attached hydrogens (tertiary/aromatic N) is 1. The number of carbonyl (C=O) groups excluding carboxylic acids is 1. The molecule has 2 N–H and O–H groups in total. The Morgan fingerprint density at radius 3 is 2.76 bits per heavy atom. The maximum absolute atomic E-state index is 12.5. The molecule has 0 bridgehead atoms. The summed E-state index contributed by atoms with van der Waals surface area (Å²) in [6.07, 6.45) is -4.06. The fourth-order valence-corrected chi connectivity index (χ4v) is 2.48. The zero-order valence-corrected chi connectivity index (χ0v) is 11.4. The first kappa shape index (κ1) is 15.6. The van der Waals surface area contributed by atoms with Crippen molar-refractivity contribution in [2.24, 2.45) is 5.92 Å². The van der Waals surface area contributed by atoms with E-state index >= 15 is 0 Å². The largest absolute Gasteiger partial charge is 0.406 e. The second-order valence-electron chi connectivity index (χ2n) is 5.04. The quantitative estimate of drug-likeness (QED) is 0.889. The minimum Gasteiger partial charge on any atom is -0.395 e. The van der Waals surface area contributed by atoms with Crippen LogP contribution in [0.5, 0.6) is 0 Å². The van der Waals surface area contributed by atoms with Crippen molar-refractivity contribution in [3.8, 4) is 0 Å². The molecule has 1 heterocycles. The fraction of sp³-hybridized carbons (Fsp3) is 0.500. The van der Waals surface area contributed by atoms with Gasteiger partial charge in [-0.2, -0.15) is 13.2 Å². The number of aliphatic hydroxyl groups is 1. The zero-order chi connectivity index (χ0) is 15.5. The number of halogens is 3. The van der Waals surface area contributed by atoms with E-state index in [9.17, 15) is 18.0 Å². The number of rotatable bonds is 4. The number of amides is 1. The number of benzene rings is 1. The van der Waals surface area contributed by atoms with Crippen LogP contribution in [0.2, 0.25) is 0 Å². The Labute approximate surface area is 120 Å². The highest BCUT2D eigenvalue weighted by Crippen LogP contribution is 2.26. The predicted molar refractivity (Wildman–Crippen MR) is 71.8 cm³/mol. The smallest absolute Gasteiger partial charge is 0.395 e. The first-order valence-electron chi connectivity index (χ1n) is 6.69. The van der Waals surface area contributed by atoms with Crippen LogP contribution in [0.25, 0.3) is 0 Å². The molecule has 0 fully saturated rings. The van der Waals surface area contributed by atoms with E-state index in [1.807, 2.05) is 24.3 Å². The Balaban J connectivity index is 2.08. The molecular formula is C14H17F3N2O2. The van der Waals surface area contributed by atoms with Crippen LogP contribution in [0.3, 0.4) is 0 Å². The summed E-state index contributed by atoms with van der Waals surface area (Å²) in [5.74, 6) is -1.13. The van der Waals surface area contributed by atoms with Gasteiger partial charge in [0.1, 0.15) is 6.54 Å². The summed E-state index contributed by atoms with van der Waals surface area (Å²) in [6, 6.07) is 7.41. The number of fused-ring (bicyclic) bond motifs is 1. The lowest BCUT2D eigenvalue weighted by molar-refractivity contribution is -0.164. The Hall–Kier alpha value is -1.76. The summed E-state index contributed by atoms with van der Waals surface area (Å²) >= 11 is 0. The number of carbonyl (C=O) groups is 1. The molecule has 0 saturated heterocycles. The summed E-state index contributed by atoms with van der Waals surface area (Å²) in [5, 5.41) is 11.9. The molecule has 1 aromatic carbocycles. The summed E-state index contributed by atoms with van der Waals surface area (Å²) in [6.45, 7) is -1.82. The van der Waals surface area contributed by atoms with Crippen LogP contribution in [0, 0.1) is 5.92 Å². The number of anilines is 1. The summed E-state index contributed by atoms with van der Waals surface area (Å²) in [5.41, 5.74) is 1.82. The van der Waals surface area contributed by atoms with Crippen molar-refractivity contribution in [2.45, 2.75) is 12.6 Å². The Bertz CT molecular complexity index is 505. The maximum Gasteiger partial charge on any atom is 0.406 e. The highest BCUT2D eigenvalue weighted by Gasteiger charge is 2.36. The molecule has 2 rings (SSSR count). The Morgan fingerprint density at radius 1 is 1.38 bits per heavy atom. The van der Waals surface area contributed by atoms with Crippen molar-refractivity contribution >= 4 is 11.6 Å². The lowest BCUT2D eigenvalue weighted by Gasteiger charge is -2.31. The Kier molecular flexibility index (Phi) is 4.72. The fourth-order valence-electron chi connectivity index (χ4n) is 2.48. The van der Waals surface area contributed by atoms with Crippen LogP contribution >= 0.6 is 0 Å². The number of hydrogen-bond donors (Lipinski definition) is 2. The minimum absolute atomic E-state index is 0.301. The standard InChI is InChI=1S/C14H17F3N2O2/c15-14(16,17)9-19(5-6-20)13(21)11-7-10-3-1-2-4-12(10)18-8-11/h1-4,11,18,20H,5-9H2. The van der Waals surface area contributed by atoms with Gasteiger partial charge >= 0.3 is 6.18 Å². The van der Waals surface area contributed by atoms with Crippen molar-refractivity contribution in [2.75, 3.05) is 31.6 Å². The highest BCUT2D eigenvalue weighted by molar-refractivity contribution is 5.81. The van der Waals surface area contributed by atoms with Gasteiger partial charge in [-0.1, -0.05) is 18.2 Å². The van der Waals surface area contributed by atoms with Crippen molar-refractivity contribution in [1.82, 2.24) is 4.90 Å². The van der Waals surface area contributed by atoms with E-state index in [2.05, 4.69) is 5.32 Å². The number of nitrogens with one attached hydrogen (secondary N) is 1. The van der Waals surface area contributed by atoms with Gasteiger partial charge in [0, 0.05) is 18.8 Å². The van der Waals surface area contributed by atoms with Crippen LogP contribution in [0.1, 0.15) is 5.56 Å². The molecule has 1 aromatic rings. The average molecular weight is 302 g/mol. The normalized spacial score (nSPS) is 17.8. The maximum atomic E-state index is 12.5. The van der Waals surface area contributed by atoms with Crippen molar-refractivity contribution in [1.29, 1.82) is 0 Å². The van der Waals surface area contributed by atoms with Crippen molar-refractivity contribution < 1.29 is 23.1 Å². The third-order valence-electron chi connectivity index (χ3n) is 3.42. The van der Waals surface area contributed by atoms with Crippen LogP contribution in [-0.2, 0) is 11.2 Å². The lowest BCUT2D eigenvalue weighted by atomic mass is 9.93. The molecule has 0 aliphatic carbocycles. The lowest BCUT2D eigenvalue weighted by Crippen LogP contribution is -2.46. The van der Waals surface area contributed by atoms with E-state index in [0.717, 1.165) is 11.3 Å². The zero-order valence-electron chi connectivity index (χ0n) is 11.4. The van der Waals surface area contributed by atoms with E-state index in [-0.39, 0.29) is 6.54 Å². The SMILES string of the molecule is O=C(C1CNc2ccccc2C1)N(CCO)CC(F)(F)F. The van der Waals surface area contributed by atoms with Gasteiger partial charge in [-0.15, -0.1) is 0 Å². The van der Waals surface area contributed by atoms with Gasteiger partial charge in [0.25, 0.3) is 0 Å². The topological polar surface area (TPSA) is 52.6 Å². The van der Waals surface area contributed by atoms with Gasteiger partial charge in [0.2, 0.25) is 5.91 Å². The van der Waals surface area contributed by atoms with Gasteiger partial charge in [0.05, 0.1) is 12.5 Å². The molecule has 1 unspecified atom stereocenters. The molecule has 0 radical (unpaired) electrons. The van der Waals surface area contributed by atoms with E-state index in [0.29, 0.717) is 17.9 Å². The highest BCUT2D eigenvalue weighted by atomic mass is 19.4. The number of aliphatic hydroxyl groups excluding tert-OH is 1. The van der Waals surface area contributed by atoms with Crippen LogP contribution in [0.15, 0.2) is 24.3 Å². The molecular weight excluding hydrogens is 285 g/mol. The van der Waals surface area contributed by atoms with Gasteiger partial charge < -0.3 is 15.3 Å². The van der Waals surface area contributed by atoms with E-state index in [4.69, 9.17) is 5.11 Å². The first-order chi connectivity index (χ1) is 9.90. The second-order valence-corrected chi connectivity index (χ2v) is 5.04. The van der Waals surface area contributed by atoms with Crippen molar-refractivity contribution in [3.63, 3.8) is 0 Å². The molecule has 0 saturated carbocycles. The van der Waals surface area contributed by atoms with Gasteiger partial charge in [-0.05, 0) is 18.1 Å². The van der Waals surface area contributed by atoms with Gasteiger partial charge in [-0.3, -0.25) is 4.79 Å². The van der Waals surface area contributed by atoms with Crippen molar-refractivity contribution in [3.05, 3.63) is 29.8 Å². The number of alkyl halides is 3. The molecule has 116 valence electrons. The predicted octanol–water partition coefficient (Wildman–Crippen LogP) is 1.65. The monoisotopic (exact) mass is 302 g/mol. The van der Waals surface area contributed by atoms with Crippen LogP contribution < -0.4 is 5.32 Å². The summed E-state index contributed by atoms with van der Waals surface area (Å²) in [4.78, 5) is 12.9. The third kappa shape index (κ3) is 4.10. The van der Waals surface area contributed by atoms with Gasteiger partial charge in [-0.25, -0.2) is 0 Å². The number of para-hydroxylation sites is 1. The third-order valence-corrected chi connectivity index (χ3v) is 3.42.